The molecule has 0 bridgehead atoms. The zero-order valence-electron chi connectivity index (χ0n) is 12.3. The van der Waals surface area contributed by atoms with E-state index in [0.29, 0.717) is 0 Å². The van der Waals surface area contributed by atoms with Crippen LogP contribution in [0, 0.1) is 29.6 Å². The van der Waals surface area contributed by atoms with Crippen LogP contribution in [0.15, 0.2) is 0 Å². The second-order valence-electron chi connectivity index (χ2n) is 7.82. The first-order valence-electron chi connectivity index (χ1n) is 8.83. The highest BCUT2D eigenvalue weighted by Gasteiger charge is 2.55. The summed E-state index contributed by atoms with van der Waals surface area (Å²) >= 11 is 0. The highest BCUT2D eigenvalue weighted by molar-refractivity contribution is 5.06. The number of rotatable bonds is 6. The van der Waals surface area contributed by atoms with Crippen LogP contribution in [0.3, 0.4) is 0 Å². The molecule has 0 radical (unpaired) electrons. The molecule has 2 heteroatoms. The number of nitrogens with zero attached hydrogens (tertiary/aromatic N) is 1. The van der Waals surface area contributed by atoms with Crippen molar-refractivity contribution in [3.05, 3.63) is 0 Å². The van der Waals surface area contributed by atoms with Crippen LogP contribution in [-0.2, 0) is 0 Å². The Labute approximate surface area is 118 Å². The van der Waals surface area contributed by atoms with Gasteiger partial charge >= 0.3 is 0 Å². The molecule has 2 nitrogen and oxygen atoms in total. The van der Waals surface area contributed by atoms with E-state index in [4.69, 9.17) is 0 Å². The minimum Gasteiger partial charge on any atom is -0.316 e. The molecule has 108 valence electrons. The van der Waals surface area contributed by atoms with Gasteiger partial charge in [0.15, 0.2) is 0 Å². The Bertz CT molecular complexity index is 294. The van der Waals surface area contributed by atoms with Crippen LogP contribution in [0.25, 0.3) is 0 Å². The van der Waals surface area contributed by atoms with Gasteiger partial charge in [0.2, 0.25) is 0 Å². The Morgan fingerprint density at radius 1 is 0.789 bits per heavy atom. The van der Waals surface area contributed by atoms with Crippen LogP contribution in [0.5, 0.6) is 0 Å². The van der Waals surface area contributed by atoms with E-state index in [1.54, 1.807) is 0 Å². The molecular weight excluding hydrogens is 232 g/mol. The van der Waals surface area contributed by atoms with Crippen molar-refractivity contribution in [2.75, 3.05) is 32.7 Å². The van der Waals surface area contributed by atoms with Gasteiger partial charge in [-0.15, -0.1) is 0 Å². The maximum Gasteiger partial charge on any atom is 0.00164 e. The van der Waals surface area contributed by atoms with E-state index < -0.39 is 0 Å². The monoisotopic (exact) mass is 262 g/mol. The van der Waals surface area contributed by atoms with Crippen molar-refractivity contribution in [2.45, 2.75) is 44.9 Å². The largest absolute Gasteiger partial charge is 0.316 e. The summed E-state index contributed by atoms with van der Waals surface area (Å²) in [5, 5.41) is 3.80. The fourth-order valence-corrected chi connectivity index (χ4v) is 4.70. The first-order valence-corrected chi connectivity index (χ1v) is 8.83. The Balaban J connectivity index is 1.11. The molecule has 4 rings (SSSR count). The SMILES string of the molecule is C1CCC(CNCC2C3CN(CC4CC4)CC23)CC1. The van der Waals surface area contributed by atoms with Gasteiger partial charge in [0, 0.05) is 19.6 Å². The highest BCUT2D eigenvalue weighted by Crippen LogP contribution is 2.51. The van der Waals surface area contributed by atoms with E-state index in [1.807, 2.05) is 0 Å². The number of hydrogen-bond acceptors (Lipinski definition) is 2. The van der Waals surface area contributed by atoms with Crippen molar-refractivity contribution in [1.29, 1.82) is 0 Å². The molecule has 1 saturated heterocycles. The predicted octanol–water partition coefficient (Wildman–Crippen LogP) is 2.74. The first-order chi connectivity index (χ1) is 9.40. The van der Waals surface area contributed by atoms with Crippen LogP contribution < -0.4 is 5.32 Å². The number of hydrogen-bond donors (Lipinski definition) is 1. The lowest BCUT2D eigenvalue weighted by atomic mass is 9.89. The zero-order valence-corrected chi connectivity index (χ0v) is 12.3. The summed E-state index contributed by atoms with van der Waals surface area (Å²) in [7, 11) is 0. The topological polar surface area (TPSA) is 15.3 Å². The summed E-state index contributed by atoms with van der Waals surface area (Å²) < 4.78 is 0. The number of nitrogens with one attached hydrogen (secondary N) is 1. The van der Waals surface area contributed by atoms with Crippen molar-refractivity contribution < 1.29 is 0 Å². The van der Waals surface area contributed by atoms with Crippen molar-refractivity contribution in [3.8, 4) is 0 Å². The average molecular weight is 262 g/mol. The lowest BCUT2D eigenvalue weighted by Crippen LogP contribution is -2.31. The van der Waals surface area contributed by atoms with E-state index in [1.165, 1.54) is 77.7 Å². The molecule has 0 amide bonds. The van der Waals surface area contributed by atoms with Gasteiger partial charge in [-0.25, -0.2) is 0 Å². The van der Waals surface area contributed by atoms with E-state index in [0.717, 1.165) is 29.6 Å². The number of likely N-dealkylation sites (tertiary alicyclic amines) is 1. The molecule has 1 aliphatic heterocycles. The lowest BCUT2D eigenvalue weighted by molar-refractivity contribution is 0.269. The molecule has 3 aliphatic carbocycles. The maximum absolute atomic E-state index is 3.80. The van der Waals surface area contributed by atoms with Crippen LogP contribution >= 0.6 is 0 Å². The van der Waals surface area contributed by atoms with Gasteiger partial charge < -0.3 is 10.2 Å². The summed E-state index contributed by atoms with van der Waals surface area (Å²) in [6.45, 7) is 6.91. The molecular formula is C17H30N2. The van der Waals surface area contributed by atoms with E-state index in [9.17, 15) is 0 Å². The van der Waals surface area contributed by atoms with E-state index >= 15 is 0 Å². The van der Waals surface area contributed by atoms with Crippen LogP contribution in [-0.4, -0.2) is 37.6 Å². The third-order valence-electron chi connectivity index (χ3n) is 6.20. The first kappa shape index (κ1) is 12.6. The number of fused-ring (bicyclic) bond motifs is 1. The molecule has 19 heavy (non-hydrogen) atoms. The second kappa shape index (κ2) is 5.37. The Morgan fingerprint density at radius 3 is 2.21 bits per heavy atom. The quantitative estimate of drug-likeness (QED) is 0.792. The van der Waals surface area contributed by atoms with Crippen LogP contribution in [0.4, 0.5) is 0 Å². The van der Waals surface area contributed by atoms with Crippen molar-refractivity contribution in [3.63, 3.8) is 0 Å². The molecule has 2 atom stereocenters. The Kier molecular flexibility index (Phi) is 3.57. The molecule has 0 aromatic heterocycles. The summed E-state index contributed by atoms with van der Waals surface area (Å²) in [5.74, 6) is 5.26. The summed E-state index contributed by atoms with van der Waals surface area (Å²) in [5.41, 5.74) is 0. The normalized spacial score (nSPS) is 39.5. The van der Waals surface area contributed by atoms with Crippen molar-refractivity contribution in [2.24, 2.45) is 29.6 Å². The van der Waals surface area contributed by atoms with Crippen LogP contribution in [0.1, 0.15) is 44.9 Å². The van der Waals surface area contributed by atoms with Crippen LogP contribution in [0.2, 0.25) is 0 Å². The van der Waals surface area contributed by atoms with Gasteiger partial charge in [0.05, 0.1) is 0 Å². The predicted molar refractivity (Wildman–Crippen MR) is 79.1 cm³/mol. The fraction of sp³-hybridized carbons (Fsp3) is 1.00. The zero-order chi connectivity index (χ0) is 12.7. The summed E-state index contributed by atoms with van der Waals surface area (Å²) in [6, 6.07) is 0. The molecule has 0 aromatic carbocycles. The molecule has 4 fully saturated rings. The van der Waals surface area contributed by atoms with E-state index in [2.05, 4.69) is 10.2 Å². The molecule has 0 aromatic rings. The smallest absolute Gasteiger partial charge is 0.00164 e. The maximum atomic E-state index is 3.80. The second-order valence-corrected chi connectivity index (χ2v) is 7.82. The van der Waals surface area contributed by atoms with Gasteiger partial charge in [-0.1, -0.05) is 19.3 Å². The minimum atomic E-state index is 0.999. The van der Waals surface area contributed by atoms with Gasteiger partial charge in [-0.3, -0.25) is 0 Å². The van der Waals surface area contributed by atoms with Crippen molar-refractivity contribution in [1.82, 2.24) is 10.2 Å². The Hall–Kier alpha value is -0.0800. The van der Waals surface area contributed by atoms with E-state index in [-0.39, 0.29) is 0 Å². The molecule has 0 spiro atoms. The third-order valence-corrected chi connectivity index (χ3v) is 6.20. The number of piperidine rings is 1. The minimum absolute atomic E-state index is 0.999. The lowest BCUT2D eigenvalue weighted by Gasteiger charge is -2.23. The van der Waals surface area contributed by atoms with Gasteiger partial charge in [0.1, 0.15) is 0 Å². The molecule has 4 aliphatic rings. The molecule has 1 N–H and O–H groups in total. The fourth-order valence-electron chi connectivity index (χ4n) is 4.70. The summed E-state index contributed by atoms with van der Waals surface area (Å²) in [4.78, 5) is 2.75. The molecule has 1 heterocycles. The van der Waals surface area contributed by atoms with Gasteiger partial charge in [-0.05, 0) is 68.4 Å². The van der Waals surface area contributed by atoms with Crippen molar-refractivity contribution >= 4 is 0 Å². The van der Waals surface area contributed by atoms with Gasteiger partial charge in [-0.2, -0.15) is 0 Å². The van der Waals surface area contributed by atoms with Gasteiger partial charge in [0.25, 0.3) is 0 Å². The highest BCUT2D eigenvalue weighted by atomic mass is 15.2. The summed E-state index contributed by atoms with van der Waals surface area (Å²) in [6.07, 6.45) is 10.4. The Morgan fingerprint density at radius 2 is 1.53 bits per heavy atom. The average Bonchev–Trinajstić information content (AvgIpc) is 3.31. The molecule has 2 unspecified atom stereocenters. The standard InChI is InChI=1S/C17H30N2/c1-2-4-13(5-3-1)8-18-9-15-16-11-19(12-17(15)16)10-14-6-7-14/h13-18H,1-12H2. The molecule has 3 saturated carbocycles. The third kappa shape index (κ3) is 3.00.